The van der Waals surface area contributed by atoms with Gasteiger partial charge < -0.3 is 0 Å². The molecule has 0 aliphatic carbocycles. The van der Waals surface area contributed by atoms with Gasteiger partial charge in [0.15, 0.2) is 0 Å². The van der Waals surface area contributed by atoms with Crippen LogP contribution in [0, 0.1) is 11.3 Å². The predicted octanol–water partition coefficient (Wildman–Crippen LogP) is 1.03. The molecule has 2 aliphatic heterocycles. The molecule has 21 heavy (non-hydrogen) atoms. The van der Waals surface area contributed by atoms with Crippen LogP contribution in [0.15, 0.2) is 0 Å². The van der Waals surface area contributed by atoms with E-state index in [0.29, 0.717) is 32.7 Å². The van der Waals surface area contributed by atoms with Gasteiger partial charge in [0.05, 0.1) is 12.1 Å². The van der Waals surface area contributed by atoms with Gasteiger partial charge in [-0.1, -0.05) is 13.3 Å². The van der Waals surface area contributed by atoms with E-state index in [9.17, 15) is 8.42 Å². The van der Waals surface area contributed by atoms with Gasteiger partial charge in [-0.2, -0.15) is 22.3 Å². The van der Waals surface area contributed by atoms with Crippen LogP contribution in [0.2, 0.25) is 0 Å². The number of rotatable bonds is 4. The van der Waals surface area contributed by atoms with Gasteiger partial charge in [-0.3, -0.25) is 4.90 Å². The lowest BCUT2D eigenvalue weighted by Crippen LogP contribution is -2.56. The zero-order valence-electron chi connectivity index (χ0n) is 13.0. The summed E-state index contributed by atoms with van der Waals surface area (Å²) in [5, 5.41) is 9.11. The van der Waals surface area contributed by atoms with Gasteiger partial charge in [-0.05, 0) is 26.2 Å². The Bertz CT molecular complexity index is 480. The molecule has 0 aromatic heterocycles. The Balaban J connectivity index is 1.99. The molecular weight excluding hydrogens is 288 g/mol. The Morgan fingerprint density at radius 2 is 1.86 bits per heavy atom. The van der Waals surface area contributed by atoms with E-state index < -0.39 is 10.2 Å². The summed E-state index contributed by atoms with van der Waals surface area (Å²) in [6.07, 6.45) is 3.80. The first-order chi connectivity index (χ1) is 10.0. The van der Waals surface area contributed by atoms with Crippen LogP contribution in [0.1, 0.15) is 39.5 Å². The van der Waals surface area contributed by atoms with Gasteiger partial charge >= 0.3 is 0 Å². The predicted molar refractivity (Wildman–Crippen MR) is 81.8 cm³/mol. The summed E-state index contributed by atoms with van der Waals surface area (Å²) in [5.74, 6) is 0. The third-order valence-corrected chi connectivity index (χ3v) is 6.77. The summed E-state index contributed by atoms with van der Waals surface area (Å²) in [4.78, 5) is 2.09. The molecule has 0 amide bonds. The smallest absolute Gasteiger partial charge is 0.282 e. The van der Waals surface area contributed by atoms with E-state index in [-0.39, 0.29) is 12.1 Å². The van der Waals surface area contributed by atoms with E-state index in [2.05, 4.69) is 11.0 Å². The van der Waals surface area contributed by atoms with Crippen LogP contribution in [0.4, 0.5) is 0 Å². The molecule has 120 valence electrons. The van der Waals surface area contributed by atoms with Crippen molar-refractivity contribution in [3.63, 3.8) is 0 Å². The van der Waals surface area contributed by atoms with Crippen molar-refractivity contribution in [2.75, 3.05) is 32.7 Å². The minimum Gasteiger partial charge on any atom is -0.285 e. The molecule has 0 radical (unpaired) electrons. The van der Waals surface area contributed by atoms with E-state index in [1.807, 2.05) is 13.8 Å². The summed E-state index contributed by atoms with van der Waals surface area (Å²) in [6, 6.07) is 2.30. The summed E-state index contributed by atoms with van der Waals surface area (Å²) >= 11 is 0. The van der Waals surface area contributed by atoms with Gasteiger partial charge in [0.25, 0.3) is 10.2 Å². The second-order valence-electron chi connectivity index (χ2n) is 5.95. The summed E-state index contributed by atoms with van der Waals surface area (Å²) < 4.78 is 28.7. The van der Waals surface area contributed by atoms with Crippen molar-refractivity contribution in [3.8, 4) is 6.07 Å². The normalized spacial score (nSPS) is 28.1. The fraction of sp³-hybridized carbons (Fsp3) is 0.929. The molecule has 0 spiro atoms. The Kier molecular flexibility index (Phi) is 5.60. The molecule has 2 saturated heterocycles. The standard InChI is InChI=1S/C14H26N4O2S/c1-3-14(12-15)16-8-10-17(11-9-16)21(19,20)18-7-5-4-6-13(18)2/h13-14H,3-11H2,1-2H3. The van der Waals surface area contributed by atoms with Crippen molar-refractivity contribution in [1.29, 1.82) is 5.26 Å². The van der Waals surface area contributed by atoms with Crippen LogP contribution in [0.25, 0.3) is 0 Å². The monoisotopic (exact) mass is 314 g/mol. The Labute approximate surface area is 128 Å². The quantitative estimate of drug-likeness (QED) is 0.777. The number of hydrogen-bond donors (Lipinski definition) is 0. The van der Waals surface area contributed by atoms with Crippen LogP contribution >= 0.6 is 0 Å². The highest BCUT2D eigenvalue weighted by atomic mass is 32.2. The molecule has 6 nitrogen and oxygen atoms in total. The Morgan fingerprint density at radius 3 is 2.38 bits per heavy atom. The van der Waals surface area contributed by atoms with Crippen molar-refractivity contribution in [2.24, 2.45) is 0 Å². The van der Waals surface area contributed by atoms with E-state index in [4.69, 9.17) is 5.26 Å². The van der Waals surface area contributed by atoms with Crippen LogP contribution < -0.4 is 0 Å². The zero-order chi connectivity index (χ0) is 15.5. The molecule has 0 saturated carbocycles. The van der Waals surface area contributed by atoms with E-state index in [1.165, 1.54) is 0 Å². The van der Waals surface area contributed by atoms with Crippen molar-refractivity contribution in [2.45, 2.75) is 51.6 Å². The molecule has 7 heteroatoms. The molecule has 2 rings (SSSR count). The Morgan fingerprint density at radius 1 is 1.19 bits per heavy atom. The lowest BCUT2D eigenvalue weighted by atomic mass is 10.1. The molecule has 2 atom stereocenters. The first kappa shape index (κ1) is 16.7. The molecule has 0 N–H and O–H groups in total. The molecule has 2 heterocycles. The highest BCUT2D eigenvalue weighted by molar-refractivity contribution is 7.86. The fourth-order valence-corrected chi connectivity index (χ4v) is 5.08. The number of nitrogens with zero attached hydrogens (tertiary/aromatic N) is 4. The van der Waals surface area contributed by atoms with Gasteiger partial charge in [-0.15, -0.1) is 0 Å². The highest BCUT2D eigenvalue weighted by Crippen LogP contribution is 2.23. The maximum atomic E-state index is 12.7. The molecule has 2 fully saturated rings. The first-order valence-electron chi connectivity index (χ1n) is 7.91. The number of nitriles is 1. The van der Waals surface area contributed by atoms with E-state index in [1.54, 1.807) is 8.61 Å². The number of piperazine rings is 1. The topological polar surface area (TPSA) is 67.6 Å². The number of hydrogen-bond acceptors (Lipinski definition) is 4. The molecule has 2 unspecified atom stereocenters. The van der Waals surface area contributed by atoms with Crippen molar-refractivity contribution < 1.29 is 8.42 Å². The first-order valence-corrected chi connectivity index (χ1v) is 9.31. The minimum absolute atomic E-state index is 0.0937. The molecule has 0 aromatic rings. The van der Waals surface area contributed by atoms with Crippen LogP contribution in [0.5, 0.6) is 0 Å². The third kappa shape index (κ3) is 3.57. The molecular formula is C14H26N4O2S. The summed E-state index contributed by atoms with van der Waals surface area (Å²) in [6.45, 7) is 6.90. The second kappa shape index (κ2) is 7.05. The van der Waals surface area contributed by atoms with Gasteiger partial charge in [0, 0.05) is 38.8 Å². The largest absolute Gasteiger partial charge is 0.285 e. The lowest BCUT2D eigenvalue weighted by molar-refractivity contribution is 0.149. The van der Waals surface area contributed by atoms with Crippen molar-refractivity contribution in [1.82, 2.24) is 13.5 Å². The van der Waals surface area contributed by atoms with Crippen LogP contribution in [0.3, 0.4) is 0 Å². The average Bonchev–Trinajstić information content (AvgIpc) is 2.49. The van der Waals surface area contributed by atoms with E-state index in [0.717, 1.165) is 25.7 Å². The van der Waals surface area contributed by atoms with Crippen molar-refractivity contribution in [3.05, 3.63) is 0 Å². The van der Waals surface area contributed by atoms with E-state index >= 15 is 0 Å². The summed E-state index contributed by atoms with van der Waals surface area (Å²) in [5.41, 5.74) is 0. The molecule has 2 aliphatic rings. The number of piperidine rings is 1. The average molecular weight is 314 g/mol. The SMILES string of the molecule is CCC(C#N)N1CCN(S(=O)(=O)N2CCCCC2C)CC1. The molecule has 0 bridgehead atoms. The summed E-state index contributed by atoms with van der Waals surface area (Å²) in [7, 11) is -3.34. The highest BCUT2D eigenvalue weighted by Gasteiger charge is 2.36. The van der Waals surface area contributed by atoms with Gasteiger partial charge in [0.2, 0.25) is 0 Å². The van der Waals surface area contributed by atoms with Gasteiger partial charge in [-0.25, -0.2) is 0 Å². The van der Waals surface area contributed by atoms with Crippen LogP contribution in [-0.2, 0) is 10.2 Å². The zero-order valence-corrected chi connectivity index (χ0v) is 13.8. The molecule has 0 aromatic carbocycles. The fourth-order valence-electron chi connectivity index (χ4n) is 3.24. The van der Waals surface area contributed by atoms with Gasteiger partial charge in [0.1, 0.15) is 0 Å². The van der Waals surface area contributed by atoms with Crippen molar-refractivity contribution >= 4 is 10.2 Å². The van der Waals surface area contributed by atoms with Crippen LogP contribution in [-0.4, -0.2) is 66.7 Å². The second-order valence-corrected chi connectivity index (χ2v) is 7.83. The Hall–Kier alpha value is -0.680. The maximum absolute atomic E-state index is 12.7. The minimum atomic E-state index is -3.34. The third-order valence-electron chi connectivity index (χ3n) is 4.61. The maximum Gasteiger partial charge on any atom is 0.282 e. The lowest BCUT2D eigenvalue weighted by Gasteiger charge is -2.40.